The summed E-state index contributed by atoms with van der Waals surface area (Å²) in [5.74, 6) is 0.757. The van der Waals surface area contributed by atoms with E-state index in [-0.39, 0.29) is 12.1 Å². The van der Waals surface area contributed by atoms with Crippen LogP contribution in [0, 0.1) is 0 Å². The van der Waals surface area contributed by atoms with Gasteiger partial charge in [0.15, 0.2) is 0 Å². The number of benzene rings is 1. The molecule has 1 aromatic carbocycles. The maximum Gasteiger partial charge on any atom is 0.412 e. The van der Waals surface area contributed by atoms with E-state index in [0.717, 1.165) is 11.3 Å². The lowest BCUT2D eigenvalue weighted by molar-refractivity contribution is -0.204. The van der Waals surface area contributed by atoms with Crippen LogP contribution in [0.15, 0.2) is 42.2 Å². The molecule has 7 heteroatoms. The van der Waals surface area contributed by atoms with Gasteiger partial charge >= 0.3 is 6.09 Å². The van der Waals surface area contributed by atoms with Gasteiger partial charge in [-0.25, -0.2) is 4.79 Å². The molecule has 2 aliphatic rings. The zero-order valence-corrected chi connectivity index (χ0v) is 18.2. The Morgan fingerprint density at radius 2 is 1.93 bits per heavy atom. The van der Waals surface area contributed by atoms with Gasteiger partial charge in [0.05, 0.1) is 32.9 Å². The van der Waals surface area contributed by atoms with Crippen LogP contribution in [0.3, 0.4) is 0 Å². The summed E-state index contributed by atoms with van der Waals surface area (Å²) in [7, 11) is 1.64. The highest BCUT2D eigenvalue weighted by atomic mass is 16.7. The number of hydrogen-bond acceptors (Lipinski definition) is 6. The third-order valence-corrected chi connectivity index (χ3v) is 5.02. The molecule has 160 valence electrons. The molecule has 1 saturated heterocycles. The van der Waals surface area contributed by atoms with Crippen molar-refractivity contribution in [3.63, 3.8) is 0 Å². The van der Waals surface area contributed by atoms with Crippen molar-refractivity contribution in [3.05, 3.63) is 47.7 Å². The van der Waals surface area contributed by atoms with E-state index in [0.29, 0.717) is 19.8 Å². The van der Waals surface area contributed by atoms with E-state index in [1.165, 1.54) is 0 Å². The van der Waals surface area contributed by atoms with Gasteiger partial charge in [0.25, 0.3) is 0 Å². The van der Waals surface area contributed by atoms with Gasteiger partial charge in [0.2, 0.25) is 0 Å². The Morgan fingerprint density at radius 1 is 1.24 bits per heavy atom. The summed E-state index contributed by atoms with van der Waals surface area (Å²) in [5, 5.41) is 1.88. The monoisotopic (exact) mass is 404 g/mol. The van der Waals surface area contributed by atoms with Gasteiger partial charge in [0, 0.05) is 0 Å². The smallest absolute Gasteiger partial charge is 0.412 e. The molecule has 0 bridgehead atoms. The van der Waals surface area contributed by atoms with E-state index in [1.54, 1.807) is 12.0 Å². The summed E-state index contributed by atoms with van der Waals surface area (Å²) in [5.41, 5.74) is -0.300. The Labute approximate surface area is 173 Å². The van der Waals surface area contributed by atoms with E-state index < -0.39 is 17.4 Å². The first kappa shape index (κ1) is 21.6. The molecule has 29 heavy (non-hydrogen) atoms. The van der Waals surface area contributed by atoms with Crippen LogP contribution in [-0.4, -0.2) is 59.8 Å². The molecule has 1 amide bonds. The minimum Gasteiger partial charge on any atom is -0.499 e. The molecule has 0 saturated carbocycles. The number of rotatable bonds is 4. The quantitative estimate of drug-likeness (QED) is 0.763. The van der Waals surface area contributed by atoms with Gasteiger partial charge in [-0.1, -0.05) is 30.3 Å². The summed E-state index contributed by atoms with van der Waals surface area (Å²) in [6, 6.07) is 9.43. The molecule has 0 aromatic heterocycles. The Kier molecular flexibility index (Phi) is 6.22. The molecule has 0 radical (unpaired) electrons. The molecule has 2 atom stereocenters. The Morgan fingerprint density at radius 3 is 2.55 bits per heavy atom. The molecule has 0 unspecified atom stereocenters. The average molecular weight is 405 g/mol. The molecule has 2 heterocycles. The number of nitrogens with zero attached hydrogens (tertiary/aromatic N) is 2. The van der Waals surface area contributed by atoms with Crippen molar-refractivity contribution in [3.8, 4) is 0 Å². The van der Waals surface area contributed by atoms with Gasteiger partial charge in [-0.2, -0.15) is 5.06 Å². The minimum absolute atomic E-state index is 0.316. The summed E-state index contributed by atoms with van der Waals surface area (Å²) in [6.07, 6.45) is 1.50. The van der Waals surface area contributed by atoms with Crippen LogP contribution < -0.4 is 0 Å². The van der Waals surface area contributed by atoms with Crippen molar-refractivity contribution >= 4 is 6.09 Å². The first-order valence-corrected chi connectivity index (χ1v) is 9.96. The highest BCUT2D eigenvalue weighted by Crippen LogP contribution is 2.36. The lowest BCUT2D eigenvalue weighted by Crippen LogP contribution is -2.58. The maximum absolute atomic E-state index is 13.1. The topological polar surface area (TPSA) is 60.5 Å². The molecule has 2 aliphatic heterocycles. The molecule has 0 spiro atoms. The fourth-order valence-electron chi connectivity index (χ4n) is 3.78. The number of carbonyl (C=O) groups excluding carboxylic acids is 1. The third kappa shape index (κ3) is 4.91. The first-order valence-electron chi connectivity index (χ1n) is 9.96. The Balaban J connectivity index is 1.92. The second-order valence-electron chi connectivity index (χ2n) is 8.79. The van der Waals surface area contributed by atoms with E-state index in [4.69, 9.17) is 19.0 Å². The van der Waals surface area contributed by atoms with Gasteiger partial charge < -0.3 is 14.2 Å². The van der Waals surface area contributed by atoms with Crippen molar-refractivity contribution in [2.75, 3.05) is 20.3 Å². The van der Waals surface area contributed by atoms with Gasteiger partial charge in [-0.05, 0) is 46.3 Å². The maximum atomic E-state index is 13.1. The second kappa shape index (κ2) is 8.34. The molecule has 1 aromatic rings. The average Bonchev–Trinajstić information content (AvgIpc) is 2.96. The van der Waals surface area contributed by atoms with Crippen molar-refractivity contribution in [1.29, 1.82) is 0 Å². The van der Waals surface area contributed by atoms with Gasteiger partial charge in [-0.3, -0.25) is 9.74 Å². The van der Waals surface area contributed by atoms with Gasteiger partial charge in [-0.15, -0.1) is 0 Å². The normalized spacial score (nSPS) is 24.9. The number of amides is 1. The van der Waals surface area contributed by atoms with Crippen LogP contribution in [-0.2, 0) is 25.6 Å². The van der Waals surface area contributed by atoms with E-state index in [9.17, 15) is 4.79 Å². The van der Waals surface area contributed by atoms with Crippen LogP contribution in [0.4, 0.5) is 4.79 Å². The van der Waals surface area contributed by atoms with Crippen LogP contribution >= 0.6 is 0 Å². The molecular formula is C22H32N2O5. The van der Waals surface area contributed by atoms with Crippen molar-refractivity contribution in [2.24, 2.45) is 0 Å². The van der Waals surface area contributed by atoms with Crippen molar-refractivity contribution in [1.82, 2.24) is 9.96 Å². The van der Waals surface area contributed by atoms with E-state index >= 15 is 0 Å². The highest BCUT2D eigenvalue weighted by Gasteiger charge is 2.52. The summed E-state index contributed by atoms with van der Waals surface area (Å²) < 4.78 is 17.4. The first-order chi connectivity index (χ1) is 13.6. The standard InChI is InChI=1S/C22H32N2O5/c1-21(2,3)29-20(25)24-17(15-27-22(24,4)5)19-18(26-6)12-13-28-23(19)14-16-10-8-7-9-11-16/h7-12,17,19H,13-15H2,1-6H3/t17-,19+/m1/s1. The zero-order chi connectivity index (χ0) is 21.2. The Bertz CT molecular complexity index is 741. The Hall–Kier alpha value is -2.09. The third-order valence-electron chi connectivity index (χ3n) is 5.02. The van der Waals surface area contributed by atoms with Crippen LogP contribution in [0.25, 0.3) is 0 Å². The highest BCUT2D eigenvalue weighted by molar-refractivity contribution is 5.70. The lowest BCUT2D eigenvalue weighted by atomic mass is 10.0. The number of hydroxylamine groups is 2. The molecule has 1 fully saturated rings. The van der Waals surface area contributed by atoms with E-state index in [2.05, 4.69) is 0 Å². The van der Waals surface area contributed by atoms with Crippen LogP contribution in [0.5, 0.6) is 0 Å². The number of hydrogen-bond donors (Lipinski definition) is 0. The SMILES string of the molecule is COC1=CCON(Cc2ccccc2)[C@H]1[C@H]1COC(C)(C)N1C(=O)OC(C)(C)C. The fraction of sp³-hybridized carbons (Fsp3) is 0.591. The number of ether oxygens (including phenoxy) is 3. The molecule has 7 nitrogen and oxygen atoms in total. The van der Waals surface area contributed by atoms with Crippen LogP contribution in [0.1, 0.15) is 40.2 Å². The van der Waals surface area contributed by atoms with Crippen molar-refractivity contribution in [2.45, 2.75) is 64.6 Å². The second-order valence-corrected chi connectivity index (χ2v) is 8.79. The molecule has 0 N–H and O–H groups in total. The zero-order valence-electron chi connectivity index (χ0n) is 18.2. The molecular weight excluding hydrogens is 372 g/mol. The fourth-order valence-corrected chi connectivity index (χ4v) is 3.78. The van der Waals surface area contributed by atoms with Gasteiger partial charge in [0.1, 0.15) is 23.1 Å². The summed E-state index contributed by atoms with van der Waals surface area (Å²) in [6.45, 7) is 10.6. The van der Waals surface area contributed by atoms with Crippen LogP contribution in [0.2, 0.25) is 0 Å². The summed E-state index contributed by atoms with van der Waals surface area (Å²) in [4.78, 5) is 20.7. The number of carbonyl (C=O) groups is 1. The van der Waals surface area contributed by atoms with E-state index in [1.807, 2.05) is 76.1 Å². The minimum atomic E-state index is -0.804. The van der Waals surface area contributed by atoms with Crippen molar-refractivity contribution < 1.29 is 23.8 Å². The molecule has 3 rings (SSSR count). The summed E-state index contributed by atoms with van der Waals surface area (Å²) >= 11 is 0. The largest absolute Gasteiger partial charge is 0.499 e. The molecule has 0 aliphatic carbocycles. The predicted molar refractivity (Wildman–Crippen MR) is 109 cm³/mol. The number of methoxy groups -OCH3 is 1. The predicted octanol–water partition coefficient (Wildman–Crippen LogP) is 3.70. The lowest BCUT2D eigenvalue weighted by Gasteiger charge is -2.42.